The van der Waals surface area contributed by atoms with E-state index in [1.807, 2.05) is 17.9 Å². The van der Waals surface area contributed by atoms with Gasteiger partial charge in [0.1, 0.15) is 0 Å². The number of hydrogen-bond acceptors (Lipinski definition) is 2. The van der Waals surface area contributed by atoms with Gasteiger partial charge in [0.05, 0.1) is 17.8 Å². The summed E-state index contributed by atoms with van der Waals surface area (Å²) in [6.45, 7) is 0. The third-order valence-electron chi connectivity index (χ3n) is 3.86. The summed E-state index contributed by atoms with van der Waals surface area (Å²) in [7, 11) is 1.94. The maximum atomic E-state index is 12.5. The smallest absolute Gasteiger partial charge is 0.252 e. The maximum Gasteiger partial charge on any atom is 0.252 e. The highest BCUT2D eigenvalue weighted by molar-refractivity contribution is 9.10. The molecule has 1 N–H and O–H groups in total. The number of aryl methyl sites for hydroxylation is 1. The van der Waals surface area contributed by atoms with Crippen molar-refractivity contribution in [3.63, 3.8) is 0 Å². The molecule has 1 aromatic heterocycles. The Kier molecular flexibility index (Phi) is 4.04. The molecule has 4 nitrogen and oxygen atoms in total. The first-order chi connectivity index (χ1) is 10.1. The zero-order valence-electron chi connectivity index (χ0n) is 11.6. The molecule has 0 bridgehead atoms. The molecule has 1 atom stereocenters. The van der Waals surface area contributed by atoms with Crippen LogP contribution in [0.1, 0.15) is 40.5 Å². The van der Waals surface area contributed by atoms with Crippen LogP contribution in [0.25, 0.3) is 0 Å². The van der Waals surface area contributed by atoms with Gasteiger partial charge in [0.2, 0.25) is 0 Å². The molecule has 0 spiro atoms. The molecule has 0 radical (unpaired) electrons. The number of carbonyl (C=O) groups excluding carboxylic acids is 1. The Balaban J connectivity index is 1.82. The quantitative estimate of drug-likeness (QED) is 0.879. The van der Waals surface area contributed by atoms with Crippen LogP contribution in [-0.4, -0.2) is 15.7 Å². The highest BCUT2D eigenvalue weighted by atomic mass is 79.9. The number of nitrogens with zero attached hydrogens (tertiary/aromatic N) is 2. The Morgan fingerprint density at radius 3 is 3.10 bits per heavy atom. The summed E-state index contributed by atoms with van der Waals surface area (Å²) in [5, 5.41) is 8.00. The van der Waals surface area contributed by atoms with Crippen LogP contribution in [0.5, 0.6) is 0 Å². The Morgan fingerprint density at radius 2 is 2.33 bits per heavy atom. The fraction of sp³-hybridized carbons (Fsp3) is 0.333. The van der Waals surface area contributed by atoms with Crippen molar-refractivity contribution >= 4 is 33.4 Å². The van der Waals surface area contributed by atoms with E-state index in [4.69, 9.17) is 11.6 Å². The normalized spacial score (nSPS) is 17.4. The molecular weight excluding hydrogens is 354 g/mol. The van der Waals surface area contributed by atoms with E-state index in [1.165, 1.54) is 5.69 Å². The second-order valence-electron chi connectivity index (χ2n) is 5.21. The minimum atomic E-state index is -0.0970. The minimum absolute atomic E-state index is 0.0255. The second kappa shape index (κ2) is 5.81. The Labute approximate surface area is 136 Å². The summed E-state index contributed by atoms with van der Waals surface area (Å²) >= 11 is 9.30. The predicted molar refractivity (Wildman–Crippen MR) is 85.5 cm³/mol. The molecule has 3 rings (SSSR count). The number of halogens is 2. The van der Waals surface area contributed by atoms with Crippen molar-refractivity contribution in [1.82, 2.24) is 15.1 Å². The zero-order chi connectivity index (χ0) is 15.0. The van der Waals surface area contributed by atoms with Crippen LogP contribution < -0.4 is 5.32 Å². The van der Waals surface area contributed by atoms with Gasteiger partial charge in [-0.3, -0.25) is 9.48 Å². The zero-order valence-corrected chi connectivity index (χ0v) is 13.9. The molecule has 110 valence electrons. The summed E-state index contributed by atoms with van der Waals surface area (Å²) in [4.78, 5) is 12.5. The third-order valence-corrected chi connectivity index (χ3v) is 4.75. The van der Waals surface area contributed by atoms with Gasteiger partial charge in [0, 0.05) is 27.8 Å². The summed E-state index contributed by atoms with van der Waals surface area (Å²) in [5.41, 5.74) is 2.93. The van der Waals surface area contributed by atoms with Crippen LogP contribution in [-0.2, 0) is 13.5 Å². The molecule has 1 amide bonds. The summed E-state index contributed by atoms with van der Waals surface area (Å²) < 4.78 is 2.60. The average molecular weight is 369 g/mol. The molecule has 1 aliphatic rings. The molecule has 1 heterocycles. The number of benzene rings is 1. The fourth-order valence-corrected chi connectivity index (χ4v) is 3.63. The molecular formula is C15H15BrClN3O. The van der Waals surface area contributed by atoms with Crippen molar-refractivity contribution in [3.8, 4) is 0 Å². The van der Waals surface area contributed by atoms with E-state index in [9.17, 15) is 4.79 Å². The molecule has 6 heteroatoms. The van der Waals surface area contributed by atoms with Crippen LogP contribution in [0.3, 0.4) is 0 Å². The molecule has 0 aliphatic heterocycles. The van der Waals surface area contributed by atoms with Crippen molar-refractivity contribution in [2.24, 2.45) is 7.05 Å². The van der Waals surface area contributed by atoms with E-state index in [1.54, 1.807) is 18.2 Å². The van der Waals surface area contributed by atoms with Gasteiger partial charge in [0.25, 0.3) is 5.91 Å². The van der Waals surface area contributed by atoms with Crippen molar-refractivity contribution in [1.29, 1.82) is 0 Å². The van der Waals surface area contributed by atoms with E-state index < -0.39 is 0 Å². The van der Waals surface area contributed by atoms with E-state index in [-0.39, 0.29) is 11.9 Å². The van der Waals surface area contributed by atoms with Crippen LogP contribution in [0.4, 0.5) is 0 Å². The number of nitrogens with one attached hydrogen (secondary N) is 1. The third kappa shape index (κ3) is 2.85. The van der Waals surface area contributed by atoms with E-state index >= 15 is 0 Å². The number of rotatable bonds is 2. The Bertz CT molecular complexity index is 698. The number of carbonyl (C=O) groups is 1. The van der Waals surface area contributed by atoms with E-state index in [2.05, 4.69) is 26.3 Å². The molecule has 1 aliphatic carbocycles. The first-order valence-corrected chi connectivity index (χ1v) is 8.00. The molecule has 1 unspecified atom stereocenters. The van der Waals surface area contributed by atoms with Crippen molar-refractivity contribution in [3.05, 3.63) is 50.7 Å². The van der Waals surface area contributed by atoms with Gasteiger partial charge >= 0.3 is 0 Å². The summed E-state index contributed by atoms with van der Waals surface area (Å²) in [5.74, 6) is -0.0970. The number of amides is 1. The molecule has 1 aromatic carbocycles. The average Bonchev–Trinajstić information content (AvgIpc) is 2.81. The lowest BCUT2D eigenvalue weighted by molar-refractivity contribution is 0.0932. The molecule has 2 aromatic rings. The van der Waals surface area contributed by atoms with Crippen LogP contribution >= 0.6 is 27.5 Å². The molecule has 0 fully saturated rings. The predicted octanol–water partition coefficient (Wildman–Crippen LogP) is 3.64. The highest BCUT2D eigenvalue weighted by Gasteiger charge is 2.25. The Hall–Kier alpha value is -1.33. The lowest BCUT2D eigenvalue weighted by Crippen LogP contribution is -2.31. The lowest BCUT2D eigenvalue weighted by Gasteiger charge is -2.24. The molecule has 0 saturated heterocycles. The lowest BCUT2D eigenvalue weighted by atomic mass is 9.93. The van der Waals surface area contributed by atoms with Gasteiger partial charge in [-0.05, 0) is 53.4 Å². The minimum Gasteiger partial charge on any atom is -0.345 e. The van der Waals surface area contributed by atoms with Gasteiger partial charge in [-0.25, -0.2) is 0 Å². The van der Waals surface area contributed by atoms with Gasteiger partial charge in [-0.15, -0.1) is 0 Å². The highest BCUT2D eigenvalue weighted by Crippen LogP contribution is 2.30. The van der Waals surface area contributed by atoms with Crippen molar-refractivity contribution < 1.29 is 4.79 Å². The summed E-state index contributed by atoms with van der Waals surface area (Å²) in [6, 6.07) is 5.21. The molecule has 21 heavy (non-hydrogen) atoms. The number of aromatic nitrogens is 2. The van der Waals surface area contributed by atoms with Gasteiger partial charge in [-0.2, -0.15) is 5.10 Å². The number of fused-ring (bicyclic) bond motifs is 1. The Morgan fingerprint density at radius 1 is 1.52 bits per heavy atom. The van der Waals surface area contributed by atoms with Gasteiger partial charge < -0.3 is 5.32 Å². The number of hydrogen-bond donors (Lipinski definition) is 1. The fourth-order valence-electron chi connectivity index (χ4n) is 2.77. The van der Waals surface area contributed by atoms with Crippen LogP contribution in [0.15, 0.2) is 28.9 Å². The largest absolute Gasteiger partial charge is 0.345 e. The van der Waals surface area contributed by atoms with Crippen molar-refractivity contribution in [2.45, 2.75) is 25.3 Å². The van der Waals surface area contributed by atoms with Crippen LogP contribution in [0, 0.1) is 0 Å². The van der Waals surface area contributed by atoms with E-state index in [0.29, 0.717) is 15.1 Å². The van der Waals surface area contributed by atoms with Crippen molar-refractivity contribution in [2.75, 3.05) is 0 Å². The summed E-state index contributed by atoms with van der Waals surface area (Å²) in [6.07, 6.45) is 4.87. The first-order valence-electron chi connectivity index (χ1n) is 6.83. The van der Waals surface area contributed by atoms with Crippen LogP contribution in [0.2, 0.25) is 5.02 Å². The monoisotopic (exact) mass is 367 g/mol. The standard InChI is InChI=1S/C15H15BrClN3O/c1-20-14-4-2-3-13(11(14)8-18-20)19-15(21)10-6-5-9(17)7-12(10)16/h5-8,13H,2-4H2,1H3,(H,19,21). The molecule has 0 saturated carbocycles. The van der Waals surface area contributed by atoms with Gasteiger partial charge in [0.15, 0.2) is 0 Å². The second-order valence-corrected chi connectivity index (χ2v) is 6.50. The van der Waals surface area contributed by atoms with Gasteiger partial charge in [-0.1, -0.05) is 11.6 Å². The topological polar surface area (TPSA) is 46.9 Å². The van der Waals surface area contributed by atoms with E-state index in [0.717, 1.165) is 24.8 Å². The first kappa shape index (κ1) is 14.6. The SMILES string of the molecule is Cn1ncc2c1CCCC2NC(=O)c1ccc(Cl)cc1Br. The maximum absolute atomic E-state index is 12.5.